The molecule has 0 saturated carbocycles. The lowest BCUT2D eigenvalue weighted by Crippen LogP contribution is -2.37. The van der Waals surface area contributed by atoms with E-state index in [9.17, 15) is 9.18 Å². The summed E-state index contributed by atoms with van der Waals surface area (Å²) in [5.74, 6) is 0.486. The molecule has 1 aliphatic carbocycles. The highest BCUT2D eigenvalue weighted by Crippen LogP contribution is 2.32. The molecule has 1 saturated heterocycles. The summed E-state index contributed by atoms with van der Waals surface area (Å²) in [6.07, 6.45) is 2.74. The number of morpholine rings is 1. The molecule has 2 aromatic rings. The minimum absolute atomic E-state index is 0.0399. The molecule has 24 heavy (non-hydrogen) atoms. The van der Waals surface area contributed by atoms with Crippen LogP contribution in [0, 0.1) is 5.82 Å². The molecule has 1 aromatic carbocycles. The summed E-state index contributed by atoms with van der Waals surface area (Å²) in [6.45, 7) is 2.84. The fourth-order valence-corrected chi connectivity index (χ4v) is 3.32. The van der Waals surface area contributed by atoms with Crippen LogP contribution in [0.5, 0.6) is 0 Å². The zero-order valence-corrected chi connectivity index (χ0v) is 13.2. The number of rotatable bonds is 2. The van der Waals surface area contributed by atoms with Crippen LogP contribution < -0.4 is 4.90 Å². The Labute approximate surface area is 139 Å². The van der Waals surface area contributed by atoms with E-state index in [0.717, 1.165) is 24.3 Å². The van der Waals surface area contributed by atoms with E-state index in [1.807, 2.05) is 0 Å². The molecule has 1 aromatic heterocycles. The van der Waals surface area contributed by atoms with Crippen molar-refractivity contribution in [1.29, 1.82) is 0 Å². The zero-order valence-electron chi connectivity index (χ0n) is 13.2. The molecule has 124 valence electrons. The Kier molecular flexibility index (Phi) is 3.98. The lowest BCUT2D eigenvalue weighted by molar-refractivity contribution is 0.0962. The molecule has 1 fully saturated rings. The van der Waals surface area contributed by atoms with Gasteiger partial charge in [-0.25, -0.2) is 14.4 Å². The molecule has 6 heteroatoms. The predicted octanol–water partition coefficient (Wildman–Crippen LogP) is 2.37. The molecule has 1 aliphatic heterocycles. The van der Waals surface area contributed by atoms with Crippen molar-refractivity contribution in [3.8, 4) is 0 Å². The Morgan fingerprint density at radius 3 is 2.62 bits per heavy atom. The van der Waals surface area contributed by atoms with Crippen molar-refractivity contribution >= 4 is 11.7 Å². The highest BCUT2D eigenvalue weighted by atomic mass is 19.1. The fraction of sp³-hybridized carbons (Fsp3) is 0.389. The van der Waals surface area contributed by atoms with Gasteiger partial charge in [0, 0.05) is 25.7 Å². The normalized spacial score (nSPS) is 20.8. The lowest BCUT2D eigenvalue weighted by atomic mass is 9.82. The molecule has 0 unspecified atom stereocenters. The van der Waals surface area contributed by atoms with Gasteiger partial charge in [0.05, 0.1) is 24.5 Å². The van der Waals surface area contributed by atoms with Crippen molar-refractivity contribution in [3.05, 3.63) is 53.1 Å². The van der Waals surface area contributed by atoms with Crippen LogP contribution in [0.1, 0.15) is 34.0 Å². The summed E-state index contributed by atoms with van der Waals surface area (Å²) >= 11 is 0. The first kappa shape index (κ1) is 15.2. The molecule has 2 heterocycles. The van der Waals surface area contributed by atoms with Gasteiger partial charge in [0.2, 0.25) is 5.95 Å². The minimum atomic E-state index is -0.266. The monoisotopic (exact) mass is 327 g/mol. The molecule has 0 spiro atoms. The fourth-order valence-electron chi connectivity index (χ4n) is 3.32. The molecule has 1 atom stereocenters. The summed E-state index contributed by atoms with van der Waals surface area (Å²) in [5.41, 5.74) is 2.38. The number of carbonyl (C=O) groups excluding carboxylic acids is 1. The molecule has 0 amide bonds. The highest BCUT2D eigenvalue weighted by Gasteiger charge is 2.28. The first-order valence-corrected chi connectivity index (χ1v) is 8.18. The maximum absolute atomic E-state index is 13.1. The van der Waals surface area contributed by atoms with E-state index in [2.05, 4.69) is 14.9 Å². The lowest BCUT2D eigenvalue weighted by Gasteiger charge is -2.28. The first-order chi connectivity index (χ1) is 11.7. The van der Waals surface area contributed by atoms with Gasteiger partial charge in [0.15, 0.2) is 5.78 Å². The van der Waals surface area contributed by atoms with Crippen molar-refractivity contribution in [3.63, 3.8) is 0 Å². The minimum Gasteiger partial charge on any atom is -0.378 e. The molecule has 4 rings (SSSR count). The van der Waals surface area contributed by atoms with E-state index < -0.39 is 0 Å². The average Bonchev–Trinajstić information content (AvgIpc) is 2.62. The molecule has 0 N–H and O–H groups in total. The Hall–Kier alpha value is -2.34. The third-order valence-corrected chi connectivity index (χ3v) is 4.66. The Balaban J connectivity index is 1.62. The molecule has 0 radical (unpaired) electrons. The van der Waals surface area contributed by atoms with E-state index in [4.69, 9.17) is 4.74 Å². The van der Waals surface area contributed by atoms with Crippen LogP contribution in [0.2, 0.25) is 0 Å². The number of anilines is 1. The van der Waals surface area contributed by atoms with Crippen molar-refractivity contribution < 1.29 is 13.9 Å². The quantitative estimate of drug-likeness (QED) is 0.847. The van der Waals surface area contributed by atoms with Gasteiger partial charge >= 0.3 is 0 Å². The number of ketones is 1. The van der Waals surface area contributed by atoms with Gasteiger partial charge in [-0.05, 0) is 30.0 Å². The molecule has 0 bridgehead atoms. The maximum atomic E-state index is 13.1. The molecular formula is C18H18FN3O2. The van der Waals surface area contributed by atoms with Crippen LogP contribution in [-0.2, 0) is 11.2 Å². The van der Waals surface area contributed by atoms with E-state index in [1.54, 1.807) is 18.3 Å². The third kappa shape index (κ3) is 2.89. The van der Waals surface area contributed by atoms with Crippen LogP contribution in [0.25, 0.3) is 0 Å². The summed E-state index contributed by atoms with van der Waals surface area (Å²) < 4.78 is 18.5. The van der Waals surface area contributed by atoms with Crippen molar-refractivity contribution in [2.45, 2.75) is 18.8 Å². The second-order valence-corrected chi connectivity index (χ2v) is 6.21. The summed E-state index contributed by atoms with van der Waals surface area (Å²) in [5, 5.41) is 0. The Bertz CT molecular complexity index is 757. The van der Waals surface area contributed by atoms with Crippen molar-refractivity contribution in [2.75, 3.05) is 31.2 Å². The standard InChI is InChI=1S/C18H18FN3O2/c19-14-3-1-12(2-4-14)13-9-16-15(17(23)10-13)11-20-18(21-16)22-5-7-24-8-6-22/h1-4,11,13H,5-10H2/t13-/m1/s1. The third-order valence-electron chi connectivity index (χ3n) is 4.66. The first-order valence-electron chi connectivity index (χ1n) is 8.18. The predicted molar refractivity (Wildman–Crippen MR) is 86.9 cm³/mol. The van der Waals surface area contributed by atoms with Crippen LogP contribution in [0.4, 0.5) is 10.3 Å². The smallest absolute Gasteiger partial charge is 0.225 e. The number of fused-ring (bicyclic) bond motifs is 1. The van der Waals surface area contributed by atoms with Crippen molar-refractivity contribution in [2.24, 2.45) is 0 Å². The van der Waals surface area contributed by atoms with Gasteiger partial charge in [-0.1, -0.05) is 12.1 Å². The number of carbonyl (C=O) groups is 1. The van der Waals surface area contributed by atoms with Gasteiger partial charge in [-0.15, -0.1) is 0 Å². The van der Waals surface area contributed by atoms with E-state index >= 15 is 0 Å². The van der Waals surface area contributed by atoms with E-state index in [1.165, 1.54) is 12.1 Å². The number of ether oxygens (including phenoxy) is 1. The molecular weight excluding hydrogens is 309 g/mol. The average molecular weight is 327 g/mol. The highest BCUT2D eigenvalue weighted by molar-refractivity contribution is 5.98. The second-order valence-electron chi connectivity index (χ2n) is 6.21. The number of nitrogens with zero attached hydrogens (tertiary/aromatic N) is 3. The van der Waals surface area contributed by atoms with Crippen LogP contribution in [-0.4, -0.2) is 42.1 Å². The maximum Gasteiger partial charge on any atom is 0.225 e. The SMILES string of the molecule is O=C1C[C@H](c2ccc(F)cc2)Cc2nc(N3CCOCC3)ncc21. The topological polar surface area (TPSA) is 55.3 Å². The van der Waals surface area contributed by atoms with Gasteiger partial charge in [0.1, 0.15) is 5.82 Å². The Morgan fingerprint density at radius 2 is 1.88 bits per heavy atom. The van der Waals surface area contributed by atoms with E-state index in [-0.39, 0.29) is 17.5 Å². The number of aromatic nitrogens is 2. The van der Waals surface area contributed by atoms with Gasteiger partial charge < -0.3 is 9.64 Å². The van der Waals surface area contributed by atoms with Gasteiger partial charge in [-0.3, -0.25) is 4.79 Å². The van der Waals surface area contributed by atoms with Crippen molar-refractivity contribution in [1.82, 2.24) is 9.97 Å². The number of hydrogen-bond acceptors (Lipinski definition) is 5. The zero-order chi connectivity index (χ0) is 16.5. The number of Topliss-reactive ketones (excluding diaryl/α,β-unsaturated/α-hetero) is 1. The van der Waals surface area contributed by atoms with E-state index in [0.29, 0.717) is 37.6 Å². The van der Waals surface area contributed by atoms with Crippen LogP contribution in [0.3, 0.4) is 0 Å². The molecule has 2 aliphatic rings. The number of halogens is 1. The summed E-state index contributed by atoms with van der Waals surface area (Å²) in [7, 11) is 0. The van der Waals surface area contributed by atoms with Gasteiger partial charge in [0.25, 0.3) is 0 Å². The summed E-state index contributed by atoms with van der Waals surface area (Å²) in [4.78, 5) is 23.5. The van der Waals surface area contributed by atoms with Gasteiger partial charge in [-0.2, -0.15) is 0 Å². The van der Waals surface area contributed by atoms with Crippen LogP contribution in [0.15, 0.2) is 30.5 Å². The van der Waals surface area contributed by atoms with Crippen LogP contribution >= 0.6 is 0 Å². The molecule has 5 nitrogen and oxygen atoms in total. The number of benzene rings is 1. The largest absolute Gasteiger partial charge is 0.378 e. The summed E-state index contributed by atoms with van der Waals surface area (Å²) in [6, 6.07) is 6.38. The second kappa shape index (κ2) is 6.28. The number of hydrogen-bond donors (Lipinski definition) is 0. The Morgan fingerprint density at radius 1 is 1.12 bits per heavy atom.